The number of nitrogens with one attached hydrogen (secondary N) is 1. The van der Waals surface area contributed by atoms with Crippen LogP contribution in [0.2, 0.25) is 5.02 Å². The average Bonchev–Trinajstić information content (AvgIpc) is 3.36. The summed E-state index contributed by atoms with van der Waals surface area (Å²) < 4.78 is 11.8. The molecule has 228 valence electrons. The molecular formula is C33H48BrClN2O3S. The molecule has 0 saturated carbocycles. The predicted molar refractivity (Wildman–Crippen MR) is 181 cm³/mol. The Bertz CT molecular complexity index is 1050. The average molecular weight is 668 g/mol. The van der Waals surface area contributed by atoms with Gasteiger partial charge in [0.2, 0.25) is 0 Å². The summed E-state index contributed by atoms with van der Waals surface area (Å²) in [6.45, 7) is 5.76. The van der Waals surface area contributed by atoms with Gasteiger partial charge in [-0.15, -0.1) is 28.7 Å². The van der Waals surface area contributed by atoms with Crippen molar-refractivity contribution in [1.29, 1.82) is 0 Å². The van der Waals surface area contributed by atoms with E-state index < -0.39 is 0 Å². The summed E-state index contributed by atoms with van der Waals surface area (Å²) >= 11 is 8.05. The standard InChI is InChI=1S/C33H47ClN2O3S.BrH/c1-3-4-5-6-7-8-9-10-11-12-13-14-21-38-32-22-29(34)17-20-31(32)39-25-33(37)35-30-18-15-28(16-19-30)24-36-23-27(2)40-26-36;/h15-20,22-23H,3-14,21,24-26H2,1-2H3,(H,35,37);1H. The van der Waals surface area contributed by atoms with Crippen molar-refractivity contribution >= 4 is 51.9 Å². The first-order chi connectivity index (χ1) is 19.5. The molecule has 0 radical (unpaired) electrons. The number of amides is 1. The number of rotatable bonds is 20. The van der Waals surface area contributed by atoms with Gasteiger partial charge in [0.1, 0.15) is 0 Å². The van der Waals surface area contributed by atoms with Crippen LogP contribution in [-0.4, -0.2) is 29.9 Å². The minimum absolute atomic E-state index is 0. The van der Waals surface area contributed by atoms with Crippen LogP contribution in [0.15, 0.2) is 53.6 Å². The molecule has 2 aromatic rings. The van der Waals surface area contributed by atoms with Crippen molar-refractivity contribution in [1.82, 2.24) is 4.90 Å². The van der Waals surface area contributed by atoms with Crippen molar-refractivity contribution in [2.75, 3.05) is 24.4 Å². The van der Waals surface area contributed by atoms with Crippen LogP contribution in [0, 0.1) is 0 Å². The van der Waals surface area contributed by atoms with Crippen molar-refractivity contribution in [2.24, 2.45) is 0 Å². The van der Waals surface area contributed by atoms with Crippen molar-refractivity contribution < 1.29 is 14.3 Å². The first-order valence-electron chi connectivity index (χ1n) is 15.0. The molecule has 0 spiro atoms. The van der Waals surface area contributed by atoms with Crippen LogP contribution in [0.25, 0.3) is 0 Å². The second kappa shape index (κ2) is 21.0. The first-order valence-corrected chi connectivity index (χ1v) is 16.4. The summed E-state index contributed by atoms with van der Waals surface area (Å²) in [7, 11) is 0. The van der Waals surface area contributed by atoms with Gasteiger partial charge in [-0.25, -0.2) is 0 Å². The summed E-state index contributed by atoms with van der Waals surface area (Å²) in [4.78, 5) is 16.1. The molecule has 0 fully saturated rings. The van der Waals surface area contributed by atoms with Crippen molar-refractivity contribution in [3.63, 3.8) is 0 Å². The second-order valence-electron chi connectivity index (χ2n) is 10.6. The quantitative estimate of drug-likeness (QED) is 0.142. The number of hydrogen-bond donors (Lipinski definition) is 1. The van der Waals surface area contributed by atoms with E-state index in [1.807, 2.05) is 36.0 Å². The molecule has 1 heterocycles. The normalized spacial score (nSPS) is 12.6. The lowest BCUT2D eigenvalue weighted by Crippen LogP contribution is -2.20. The van der Waals surface area contributed by atoms with Crippen LogP contribution in [0.4, 0.5) is 5.69 Å². The molecule has 0 unspecified atom stereocenters. The Morgan fingerprint density at radius 3 is 2.12 bits per heavy atom. The zero-order valence-electron chi connectivity index (χ0n) is 24.8. The molecule has 0 bridgehead atoms. The summed E-state index contributed by atoms with van der Waals surface area (Å²) in [5, 5.41) is 3.49. The Labute approximate surface area is 267 Å². The molecule has 1 aliphatic rings. The third-order valence-corrected chi connectivity index (χ3v) is 8.22. The maximum Gasteiger partial charge on any atom is 0.262 e. The van der Waals surface area contributed by atoms with Crippen molar-refractivity contribution in [3.05, 3.63) is 64.2 Å². The van der Waals surface area contributed by atoms with Crippen LogP contribution in [0.1, 0.15) is 96.5 Å². The fourth-order valence-electron chi connectivity index (χ4n) is 4.72. The Balaban J connectivity index is 0.00000588. The number of halogens is 2. The number of unbranched alkanes of at least 4 members (excludes halogenated alkanes) is 11. The molecule has 8 heteroatoms. The molecule has 0 atom stereocenters. The molecule has 0 aliphatic carbocycles. The van der Waals surface area contributed by atoms with Crippen LogP contribution in [0.5, 0.6) is 11.5 Å². The molecular weight excluding hydrogens is 620 g/mol. The van der Waals surface area contributed by atoms with Crippen LogP contribution in [-0.2, 0) is 11.3 Å². The number of allylic oxidation sites excluding steroid dienone is 1. The highest BCUT2D eigenvalue weighted by Gasteiger charge is 2.12. The Hall–Kier alpha value is -1.83. The van der Waals surface area contributed by atoms with Gasteiger partial charge in [0.05, 0.1) is 12.5 Å². The number of ether oxygens (including phenoxy) is 2. The number of benzene rings is 2. The third kappa shape index (κ3) is 14.8. The lowest BCUT2D eigenvalue weighted by molar-refractivity contribution is -0.118. The molecule has 0 saturated heterocycles. The minimum atomic E-state index is -0.218. The zero-order chi connectivity index (χ0) is 28.4. The topological polar surface area (TPSA) is 50.8 Å². The van der Waals surface area contributed by atoms with Crippen LogP contribution >= 0.6 is 40.3 Å². The van der Waals surface area contributed by atoms with Gasteiger partial charge in [0.15, 0.2) is 18.1 Å². The van der Waals surface area contributed by atoms with E-state index in [0.717, 1.165) is 31.0 Å². The van der Waals surface area contributed by atoms with Gasteiger partial charge in [0, 0.05) is 29.5 Å². The fraction of sp³-hybridized carbons (Fsp3) is 0.545. The number of carbonyl (C=O) groups excluding carboxylic acids is 1. The highest BCUT2D eigenvalue weighted by molar-refractivity contribution is 8.93. The van der Waals surface area contributed by atoms with Gasteiger partial charge in [-0.1, -0.05) is 101 Å². The fourth-order valence-corrected chi connectivity index (χ4v) is 5.64. The first kappa shape index (κ1) is 35.4. The lowest BCUT2D eigenvalue weighted by Gasteiger charge is -2.15. The predicted octanol–water partition coefficient (Wildman–Crippen LogP) is 10.4. The van der Waals surface area contributed by atoms with E-state index in [9.17, 15) is 4.79 Å². The number of hydrogen-bond acceptors (Lipinski definition) is 5. The lowest BCUT2D eigenvalue weighted by atomic mass is 10.1. The number of carbonyl (C=O) groups is 1. The number of thioether (sulfide) groups is 1. The summed E-state index contributed by atoms with van der Waals surface area (Å²) in [6, 6.07) is 13.2. The van der Waals surface area contributed by atoms with Crippen LogP contribution in [0.3, 0.4) is 0 Å². The minimum Gasteiger partial charge on any atom is -0.490 e. The van der Waals surface area contributed by atoms with Gasteiger partial charge in [-0.05, 0) is 48.1 Å². The smallest absolute Gasteiger partial charge is 0.262 e. The van der Waals surface area contributed by atoms with Gasteiger partial charge in [0.25, 0.3) is 5.91 Å². The van der Waals surface area contributed by atoms with E-state index in [-0.39, 0.29) is 29.5 Å². The SMILES string of the molecule is Br.CCCCCCCCCCCCCCOc1cc(Cl)ccc1OCC(=O)Nc1ccc(CN2C=C(C)SC2)cc1. The molecule has 5 nitrogen and oxygen atoms in total. The van der Waals surface area contributed by atoms with E-state index in [1.165, 1.54) is 74.7 Å². The Kier molecular flexibility index (Phi) is 18.1. The van der Waals surface area contributed by atoms with Crippen molar-refractivity contribution in [2.45, 2.75) is 97.4 Å². The molecule has 1 amide bonds. The van der Waals surface area contributed by atoms with E-state index in [0.29, 0.717) is 23.1 Å². The van der Waals surface area contributed by atoms with E-state index >= 15 is 0 Å². The van der Waals surface area contributed by atoms with E-state index in [4.69, 9.17) is 21.1 Å². The number of anilines is 1. The molecule has 3 rings (SSSR count). The Morgan fingerprint density at radius 1 is 0.878 bits per heavy atom. The van der Waals surface area contributed by atoms with E-state index in [2.05, 4.69) is 30.3 Å². The molecule has 41 heavy (non-hydrogen) atoms. The third-order valence-electron chi connectivity index (χ3n) is 6.97. The van der Waals surface area contributed by atoms with E-state index in [1.54, 1.807) is 18.2 Å². The second-order valence-corrected chi connectivity index (χ2v) is 12.2. The maximum atomic E-state index is 12.5. The van der Waals surface area contributed by atoms with Gasteiger partial charge in [-0.3, -0.25) is 4.79 Å². The van der Waals surface area contributed by atoms with Gasteiger partial charge >= 0.3 is 0 Å². The maximum absolute atomic E-state index is 12.5. The largest absolute Gasteiger partial charge is 0.490 e. The summed E-state index contributed by atoms with van der Waals surface area (Å²) in [5.41, 5.74) is 1.95. The Morgan fingerprint density at radius 2 is 1.51 bits per heavy atom. The number of nitrogens with zero attached hydrogens (tertiary/aromatic N) is 1. The van der Waals surface area contributed by atoms with Crippen LogP contribution < -0.4 is 14.8 Å². The molecule has 1 N–H and O–H groups in total. The van der Waals surface area contributed by atoms with Gasteiger partial charge in [-0.2, -0.15) is 0 Å². The highest BCUT2D eigenvalue weighted by atomic mass is 79.9. The molecule has 0 aromatic heterocycles. The summed E-state index contributed by atoms with van der Waals surface area (Å²) in [5.74, 6) is 1.87. The highest BCUT2D eigenvalue weighted by Crippen LogP contribution is 2.31. The van der Waals surface area contributed by atoms with Gasteiger partial charge < -0.3 is 19.7 Å². The molecule has 1 aliphatic heterocycles. The van der Waals surface area contributed by atoms with Crippen molar-refractivity contribution in [3.8, 4) is 11.5 Å². The molecule has 2 aromatic carbocycles. The summed E-state index contributed by atoms with van der Waals surface area (Å²) in [6.07, 6.45) is 17.8. The monoisotopic (exact) mass is 666 g/mol. The zero-order valence-corrected chi connectivity index (χ0v) is 28.1.